The third-order valence-electron chi connectivity index (χ3n) is 3.95. The molecule has 3 aromatic rings. The largest absolute Gasteiger partial charge is 0.459 e. The summed E-state index contributed by atoms with van der Waals surface area (Å²) in [4.78, 5) is 35.3. The third-order valence-corrected chi connectivity index (χ3v) is 3.95. The van der Waals surface area contributed by atoms with Crippen molar-refractivity contribution in [1.29, 1.82) is 0 Å². The van der Waals surface area contributed by atoms with Crippen LogP contribution in [0, 0.1) is 5.82 Å². The Morgan fingerprint density at radius 3 is 2.38 bits per heavy atom. The summed E-state index contributed by atoms with van der Waals surface area (Å²) < 4.78 is 18.7. The summed E-state index contributed by atoms with van der Waals surface area (Å²) in [6.45, 7) is 1.49. The van der Waals surface area contributed by atoms with Gasteiger partial charge in [-0.25, -0.2) is 4.39 Å². The molecule has 0 bridgehead atoms. The third kappa shape index (κ3) is 5.29. The van der Waals surface area contributed by atoms with E-state index in [1.807, 2.05) is 0 Å². The average molecular weight is 395 g/mol. The first-order valence-corrected chi connectivity index (χ1v) is 8.71. The van der Waals surface area contributed by atoms with Gasteiger partial charge in [-0.05, 0) is 48.0 Å². The van der Waals surface area contributed by atoms with E-state index in [9.17, 15) is 18.8 Å². The molecule has 0 fully saturated rings. The second kappa shape index (κ2) is 8.83. The van der Waals surface area contributed by atoms with E-state index in [1.165, 1.54) is 25.3 Å². The van der Waals surface area contributed by atoms with E-state index < -0.39 is 17.6 Å². The van der Waals surface area contributed by atoms with Gasteiger partial charge in [0.2, 0.25) is 5.91 Å². The molecule has 0 aliphatic heterocycles. The number of benzene rings is 2. The molecule has 3 rings (SSSR count). The second-order valence-corrected chi connectivity index (χ2v) is 6.19. The highest BCUT2D eigenvalue weighted by molar-refractivity contribution is 6.02. The Kier molecular flexibility index (Phi) is 6.03. The minimum Gasteiger partial charge on any atom is -0.459 e. The van der Waals surface area contributed by atoms with Crippen LogP contribution in [-0.2, 0) is 11.3 Å². The summed E-state index contributed by atoms with van der Waals surface area (Å²) >= 11 is 0. The number of halogens is 1. The van der Waals surface area contributed by atoms with Crippen LogP contribution in [0.3, 0.4) is 0 Å². The van der Waals surface area contributed by atoms with Crippen molar-refractivity contribution in [2.75, 3.05) is 10.6 Å². The summed E-state index contributed by atoms with van der Waals surface area (Å²) in [5.41, 5.74) is 1.55. The van der Waals surface area contributed by atoms with E-state index in [2.05, 4.69) is 16.0 Å². The first kappa shape index (κ1) is 19.8. The average Bonchev–Trinajstić information content (AvgIpc) is 3.23. The number of hydrogen-bond acceptors (Lipinski definition) is 4. The monoisotopic (exact) mass is 395 g/mol. The van der Waals surface area contributed by atoms with E-state index in [0.717, 1.165) is 11.6 Å². The van der Waals surface area contributed by atoms with Crippen LogP contribution < -0.4 is 16.0 Å². The van der Waals surface area contributed by atoms with E-state index in [1.54, 1.807) is 36.4 Å². The van der Waals surface area contributed by atoms with Gasteiger partial charge in [0.05, 0.1) is 12.0 Å². The van der Waals surface area contributed by atoms with Crippen LogP contribution in [0.4, 0.5) is 15.8 Å². The topological polar surface area (TPSA) is 100 Å². The fourth-order valence-corrected chi connectivity index (χ4v) is 2.54. The van der Waals surface area contributed by atoms with Crippen molar-refractivity contribution >= 4 is 29.1 Å². The molecule has 0 aliphatic rings. The lowest BCUT2D eigenvalue weighted by molar-refractivity contribution is -0.114. The van der Waals surface area contributed by atoms with Crippen LogP contribution in [0.25, 0.3) is 0 Å². The van der Waals surface area contributed by atoms with Gasteiger partial charge in [-0.3, -0.25) is 14.4 Å². The zero-order valence-electron chi connectivity index (χ0n) is 15.5. The van der Waals surface area contributed by atoms with Gasteiger partial charge in [-0.2, -0.15) is 0 Å². The molecule has 0 atom stereocenters. The number of carbonyl (C=O) groups excluding carboxylic acids is 3. The number of rotatable bonds is 6. The maximum Gasteiger partial charge on any atom is 0.291 e. The molecule has 1 heterocycles. The molecule has 7 nitrogen and oxygen atoms in total. The van der Waals surface area contributed by atoms with Gasteiger partial charge in [0.15, 0.2) is 5.76 Å². The minimum absolute atomic E-state index is 0.0539. The minimum atomic E-state index is -0.621. The standard InChI is InChI=1S/C21H18FN3O4/c1-13(26)24-18-11-15(6-9-17(18)22)20(27)23-12-14-4-7-16(8-5-14)25-21(28)19-3-2-10-29-19/h2-11H,12H2,1H3,(H,23,27)(H,24,26)(H,25,28). The Balaban J connectivity index is 1.58. The van der Waals surface area contributed by atoms with Crippen LogP contribution in [0.1, 0.15) is 33.4 Å². The molecule has 1 aromatic heterocycles. The Bertz CT molecular complexity index is 1030. The fourth-order valence-electron chi connectivity index (χ4n) is 2.54. The van der Waals surface area contributed by atoms with Crippen LogP contribution in [0.15, 0.2) is 65.3 Å². The van der Waals surface area contributed by atoms with E-state index >= 15 is 0 Å². The molecule has 3 amide bonds. The molecule has 0 radical (unpaired) electrons. The van der Waals surface area contributed by atoms with Crippen molar-refractivity contribution in [3.8, 4) is 0 Å². The molecule has 0 saturated heterocycles. The Morgan fingerprint density at radius 1 is 0.966 bits per heavy atom. The number of carbonyl (C=O) groups is 3. The van der Waals surface area contributed by atoms with Crippen LogP contribution in [0.5, 0.6) is 0 Å². The highest BCUT2D eigenvalue weighted by Gasteiger charge is 2.11. The first-order valence-electron chi connectivity index (χ1n) is 8.71. The molecule has 148 valence electrons. The zero-order valence-corrected chi connectivity index (χ0v) is 15.5. The summed E-state index contributed by atoms with van der Waals surface area (Å²) in [6.07, 6.45) is 1.42. The molecule has 0 aliphatic carbocycles. The van der Waals surface area contributed by atoms with Gasteiger partial charge in [-0.1, -0.05) is 12.1 Å². The zero-order chi connectivity index (χ0) is 20.8. The summed E-state index contributed by atoms with van der Waals surface area (Å²) in [6, 6.07) is 13.8. The van der Waals surface area contributed by atoms with Gasteiger partial charge in [-0.15, -0.1) is 0 Å². The van der Waals surface area contributed by atoms with Gasteiger partial charge in [0.1, 0.15) is 5.82 Å². The Morgan fingerprint density at radius 2 is 1.72 bits per heavy atom. The van der Waals surface area contributed by atoms with Gasteiger partial charge < -0.3 is 20.4 Å². The van der Waals surface area contributed by atoms with E-state index in [-0.39, 0.29) is 29.5 Å². The van der Waals surface area contributed by atoms with Gasteiger partial charge in [0.25, 0.3) is 11.8 Å². The first-order chi connectivity index (χ1) is 13.9. The summed E-state index contributed by atoms with van der Waals surface area (Å²) in [5, 5.41) is 7.76. The fraction of sp³-hybridized carbons (Fsp3) is 0.0952. The second-order valence-electron chi connectivity index (χ2n) is 6.19. The lowest BCUT2D eigenvalue weighted by Gasteiger charge is -2.09. The molecule has 0 saturated carbocycles. The molecule has 0 unspecified atom stereocenters. The van der Waals surface area contributed by atoms with Gasteiger partial charge in [0, 0.05) is 24.7 Å². The quantitative estimate of drug-likeness (QED) is 0.594. The van der Waals surface area contributed by atoms with Crippen molar-refractivity contribution < 1.29 is 23.2 Å². The Hall–Kier alpha value is -3.94. The maximum absolute atomic E-state index is 13.7. The number of furan rings is 1. The van der Waals surface area contributed by atoms with Crippen molar-refractivity contribution in [3.63, 3.8) is 0 Å². The molecular weight excluding hydrogens is 377 g/mol. The molecule has 0 spiro atoms. The molecule has 3 N–H and O–H groups in total. The highest BCUT2D eigenvalue weighted by atomic mass is 19.1. The number of hydrogen-bond donors (Lipinski definition) is 3. The van der Waals surface area contributed by atoms with Crippen molar-refractivity contribution in [1.82, 2.24) is 5.32 Å². The number of anilines is 2. The molecule has 2 aromatic carbocycles. The normalized spacial score (nSPS) is 10.3. The summed E-state index contributed by atoms with van der Waals surface area (Å²) in [7, 11) is 0. The Labute approximate surface area is 165 Å². The highest BCUT2D eigenvalue weighted by Crippen LogP contribution is 2.17. The number of amides is 3. The van der Waals surface area contributed by atoms with Crippen molar-refractivity contribution in [3.05, 3.63) is 83.6 Å². The smallest absolute Gasteiger partial charge is 0.291 e. The predicted octanol–water partition coefficient (Wildman–Crippen LogP) is 3.56. The van der Waals surface area contributed by atoms with Crippen molar-refractivity contribution in [2.45, 2.75) is 13.5 Å². The van der Waals surface area contributed by atoms with Crippen LogP contribution in [0.2, 0.25) is 0 Å². The van der Waals surface area contributed by atoms with Crippen molar-refractivity contribution in [2.24, 2.45) is 0 Å². The summed E-state index contributed by atoms with van der Waals surface area (Å²) in [5.74, 6) is -1.61. The SMILES string of the molecule is CC(=O)Nc1cc(C(=O)NCc2ccc(NC(=O)c3ccco3)cc2)ccc1F. The van der Waals surface area contributed by atoms with E-state index in [0.29, 0.717) is 5.69 Å². The maximum atomic E-state index is 13.7. The molecular formula is C21H18FN3O4. The molecule has 8 heteroatoms. The van der Waals surface area contributed by atoms with E-state index in [4.69, 9.17) is 4.42 Å². The lowest BCUT2D eigenvalue weighted by Crippen LogP contribution is -2.23. The van der Waals surface area contributed by atoms with Crippen LogP contribution in [-0.4, -0.2) is 17.7 Å². The van der Waals surface area contributed by atoms with Crippen LogP contribution >= 0.6 is 0 Å². The lowest BCUT2D eigenvalue weighted by atomic mass is 10.1. The van der Waals surface area contributed by atoms with Gasteiger partial charge >= 0.3 is 0 Å². The predicted molar refractivity (Wildman–Crippen MR) is 105 cm³/mol. The number of nitrogens with one attached hydrogen (secondary N) is 3. The molecule has 29 heavy (non-hydrogen) atoms.